The van der Waals surface area contributed by atoms with Gasteiger partial charge in [0.05, 0.1) is 24.3 Å². The molecular formula is C18H20N2O4. The van der Waals surface area contributed by atoms with Gasteiger partial charge < -0.3 is 20.2 Å². The number of hydrogen-bond acceptors (Lipinski definition) is 4. The van der Waals surface area contributed by atoms with Crippen LogP contribution in [0.3, 0.4) is 0 Å². The van der Waals surface area contributed by atoms with Gasteiger partial charge in [0.2, 0.25) is 5.91 Å². The van der Waals surface area contributed by atoms with Crippen molar-refractivity contribution in [1.82, 2.24) is 5.32 Å². The van der Waals surface area contributed by atoms with Gasteiger partial charge in [0.25, 0.3) is 5.91 Å². The highest BCUT2D eigenvalue weighted by molar-refractivity contribution is 5.96. The Morgan fingerprint density at radius 3 is 2.79 bits per heavy atom. The minimum absolute atomic E-state index is 0.106. The SMILES string of the molecule is CC1(C)CC(NC(=O)c2ccoc2CC(N)=O)c2ccccc2O1. The molecule has 6 nitrogen and oxygen atoms in total. The maximum Gasteiger partial charge on any atom is 0.255 e. The zero-order chi connectivity index (χ0) is 17.3. The molecule has 0 fully saturated rings. The Bertz CT molecular complexity index is 779. The van der Waals surface area contributed by atoms with Crippen LogP contribution in [-0.4, -0.2) is 17.4 Å². The van der Waals surface area contributed by atoms with Crippen molar-refractivity contribution in [3.8, 4) is 5.75 Å². The van der Waals surface area contributed by atoms with Crippen LogP contribution in [0.5, 0.6) is 5.75 Å². The zero-order valence-corrected chi connectivity index (χ0v) is 13.7. The molecule has 0 saturated heterocycles. The van der Waals surface area contributed by atoms with Crippen molar-refractivity contribution in [2.24, 2.45) is 5.73 Å². The van der Waals surface area contributed by atoms with E-state index in [1.807, 2.05) is 38.1 Å². The van der Waals surface area contributed by atoms with E-state index in [9.17, 15) is 9.59 Å². The first-order chi connectivity index (χ1) is 11.4. The molecule has 0 bridgehead atoms. The van der Waals surface area contributed by atoms with Crippen LogP contribution >= 0.6 is 0 Å². The number of primary amides is 1. The number of benzene rings is 1. The maximum absolute atomic E-state index is 12.6. The largest absolute Gasteiger partial charge is 0.487 e. The summed E-state index contributed by atoms with van der Waals surface area (Å²) in [6, 6.07) is 9.01. The lowest BCUT2D eigenvalue weighted by atomic mass is 9.89. The summed E-state index contributed by atoms with van der Waals surface area (Å²) in [7, 11) is 0. The number of carbonyl (C=O) groups is 2. The van der Waals surface area contributed by atoms with Crippen LogP contribution in [0.25, 0.3) is 0 Å². The predicted octanol–water partition coefficient (Wildman–Crippen LogP) is 2.34. The monoisotopic (exact) mass is 328 g/mol. The smallest absolute Gasteiger partial charge is 0.255 e. The second-order valence-electron chi connectivity index (χ2n) is 6.53. The maximum atomic E-state index is 12.6. The number of nitrogens with two attached hydrogens (primary N) is 1. The number of nitrogens with one attached hydrogen (secondary N) is 1. The van der Waals surface area contributed by atoms with Crippen molar-refractivity contribution in [3.05, 3.63) is 53.5 Å². The molecule has 6 heteroatoms. The molecule has 0 aliphatic carbocycles. The molecule has 1 aromatic heterocycles. The molecule has 3 N–H and O–H groups in total. The summed E-state index contributed by atoms with van der Waals surface area (Å²) in [5.74, 6) is 0.206. The summed E-state index contributed by atoms with van der Waals surface area (Å²) in [5, 5.41) is 3.02. The Hall–Kier alpha value is -2.76. The fraction of sp³-hybridized carbons (Fsp3) is 0.333. The average Bonchev–Trinajstić information content (AvgIpc) is 2.93. The molecule has 1 aromatic carbocycles. The van der Waals surface area contributed by atoms with Crippen LogP contribution in [0.4, 0.5) is 0 Å². The average molecular weight is 328 g/mol. The molecule has 1 aliphatic heterocycles. The van der Waals surface area contributed by atoms with Crippen LogP contribution in [0.15, 0.2) is 41.0 Å². The number of carbonyl (C=O) groups excluding carboxylic acids is 2. The van der Waals surface area contributed by atoms with Crippen LogP contribution in [0.1, 0.15) is 48.0 Å². The van der Waals surface area contributed by atoms with Gasteiger partial charge in [-0.3, -0.25) is 9.59 Å². The topological polar surface area (TPSA) is 94.6 Å². The third kappa shape index (κ3) is 3.27. The first-order valence-electron chi connectivity index (χ1n) is 7.79. The fourth-order valence-electron chi connectivity index (χ4n) is 3.01. The van der Waals surface area contributed by atoms with Crippen molar-refractivity contribution in [2.45, 2.75) is 38.3 Å². The number of amides is 2. The lowest BCUT2D eigenvalue weighted by Crippen LogP contribution is -2.41. The second kappa shape index (κ2) is 6.03. The highest BCUT2D eigenvalue weighted by Crippen LogP contribution is 2.39. The second-order valence-corrected chi connectivity index (χ2v) is 6.53. The van der Waals surface area contributed by atoms with E-state index < -0.39 is 11.5 Å². The molecule has 126 valence electrons. The minimum Gasteiger partial charge on any atom is -0.487 e. The number of fused-ring (bicyclic) bond motifs is 1. The molecule has 0 spiro atoms. The van der Waals surface area contributed by atoms with E-state index >= 15 is 0 Å². The van der Waals surface area contributed by atoms with Crippen LogP contribution in [-0.2, 0) is 11.2 Å². The normalized spacial score (nSPS) is 18.3. The van der Waals surface area contributed by atoms with Gasteiger partial charge >= 0.3 is 0 Å². The number of ether oxygens (including phenoxy) is 1. The summed E-state index contributed by atoms with van der Waals surface area (Å²) in [5.41, 5.74) is 6.06. The molecule has 3 rings (SSSR count). The minimum atomic E-state index is -0.545. The van der Waals surface area contributed by atoms with Gasteiger partial charge in [0.1, 0.15) is 17.1 Å². The van der Waals surface area contributed by atoms with Gasteiger partial charge in [-0.05, 0) is 26.0 Å². The Kier molecular flexibility index (Phi) is 4.05. The lowest BCUT2D eigenvalue weighted by molar-refractivity contribution is -0.117. The van der Waals surface area contributed by atoms with Crippen molar-refractivity contribution in [1.29, 1.82) is 0 Å². The number of hydrogen-bond donors (Lipinski definition) is 2. The summed E-state index contributed by atoms with van der Waals surface area (Å²) >= 11 is 0. The van der Waals surface area contributed by atoms with E-state index in [1.54, 1.807) is 6.07 Å². The van der Waals surface area contributed by atoms with Crippen LogP contribution in [0.2, 0.25) is 0 Å². The molecule has 1 atom stereocenters. The van der Waals surface area contributed by atoms with Crippen molar-refractivity contribution >= 4 is 11.8 Å². The molecule has 0 radical (unpaired) electrons. The van der Waals surface area contributed by atoms with E-state index in [0.29, 0.717) is 12.0 Å². The van der Waals surface area contributed by atoms with E-state index in [-0.39, 0.29) is 24.1 Å². The Morgan fingerprint density at radius 2 is 2.04 bits per heavy atom. The van der Waals surface area contributed by atoms with E-state index in [2.05, 4.69) is 5.32 Å². The standard InChI is InChI=1S/C18H20N2O4/c1-18(2)10-13(11-5-3-4-6-14(11)24-18)20-17(22)12-7-8-23-15(12)9-16(19)21/h3-8,13H,9-10H2,1-2H3,(H2,19,21)(H,20,22). The molecule has 2 aromatic rings. The molecule has 1 unspecified atom stereocenters. The molecule has 1 aliphatic rings. The van der Waals surface area contributed by atoms with Gasteiger partial charge in [-0.2, -0.15) is 0 Å². The molecule has 2 amide bonds. The Balaban J connectivity index is 1.84. The van der Waals surface area contributed by atoms with Crippen LogP contribution in [0, 0.1) is 0 Å². The van der Waals surface area contributed by atoms with Crippen molar-refractivity contribution in [3.63, 3.8) is 0 Å². The Morgan fingerprint density at radius 1 is 1.29 bits per heavy atom. The quantitative estimate of drug-likeness (QED) is 0.900. The summed E-state index contributed by atoms with van der Waals surface area (Å²) in [6.45, 7) is 3.97. The summed E-state index contributed by atoms with van der Waals surface area (Å²) < 4.78 is 11.2. The number of furan rings is 1. The predicted molar refractivity (Wildman–Crippen MR) is 87.6 cm³/mol. The van der Waals surface area contributed by atoms with E-state index in [4.69, 9.17) is 14.9 Å². The molecule has 2 heterocycles. The van der Waals surface area contributed by atoms with Crippen molar-refractivity contribution in [2.75, 3.05) is 0 Å². The lowest BCUT2D eigenvalue weighted by Gasteiger charge is -2.37. The number of para-hydroxylation sites is 1. The summed E-state index contributed by atoms with van der Waals surface area (Å²) in [4.78, 5) is 23.7. The van der Waals surface area contributed by atoms with Crippen molar-refractivity contribution < 1.29 is 18.7 Å². The molecule has 0 saturated carbocycles. The first-order valence-corrected chi connectivity index (χ1v) is 7.79. The molecular weight excluding hydrogens is 308 g/mol. The van der Waals surface area contributed by atoms with Gasteiger partial charge in [-0.25, -0.2) is 0 Å². The van der Waals surface area contributed by atoms with Gasteiger partial charge in [-0.1, -0.05) is 18.2 Å². The summed E-state index contributed by atoms with van der Waals surface area (Å²) in [6.07, 6.45) is 1.92. The Labute approximate surface area is 140 Å². The third-order valence-electron chi connectivity index (χ3n) is 4.01. The van der Waals surface area contributed by atoms with E-state index in [0.717, 1.165) is 11.3 Å². The fourth-order valence-corrected chi connectivity index (χ4v) is 3.01. The third-order valence-corrected chi connectivity index (χ3v) is 4.01. The highest BCUT2D eigenvalue weighted by Gasteiger charge is 2.34. The van der Waals surface area contributed by atoms with Crippen LogP contribution < -0.4 is 15.8 Å². The van der Waals surface area contributed by atoms with E-state index in [1.165, 1.54) is 6.26 Å². The van der Waals surface area contributed by atoms with Gasteiger partial charge in [0.15, 0.2) is 0 Å². The van der Waals surface area contributed by atoms with Gasteiger partial charge in [-0.15, -0.1) is 0 Å². The number of rotatable bonds is 4. The van der Waals surface area contributed by atoms with Gasteiger partial charge in [0, 0.05) is 12.0 Å². The molecule has 24 heavy (non-hydrogen) atoms. The first kappa shape index (κ1) is 16.1. The zero-order valence-electron chi connectivity index (χ0n) is 13.7. The highest BCUT2D eigenvalue weighted by atomic mass is 16.5.